The lowest BCUT2D eigenvalue weighted by Gasteiger charge is -2.09. The summed E-state index contributed by atoms with van der Waals surface area (Å²) in [6, 6.07) is 5.15. The fraction of sp³-hybridized carbons (Fsp3) is 0.429. The first-order valence-electron chi connectivity index (χ1n) is 6.91. The Bertz CT molecular complexity index is 707. The second-order valence-electron chi connectivity index (χ2n) is 5.37. The largest absolute Gasteiger partial charge is 0.399 e. The maximum Gasteiger partial charge on any atom is 0.242 e. The molecular formula is C14H22N4O2S. The van der Waals surface area contributed by atoms with Gasteiger partial charge in [0.2, 0.25) is 10.0 Å². The van der Waals surface area contributed by atoms with Gasteiger partial charge in [-0.05, 0) is 51.7 Å². The highest BCUT2D eigenvalue weighted by atomic mass is 32.2. The third kappa shape index (κ3) is 3.96. The van der Waals surface area contributed by atoms with E-state index in [0.717, 1.165) is 24.9 Å². The van der Waals surface area contributed by atoms with Gasteiger partial charge in [-0.25, -0.2) is 13.1 Å². The van der Waals surface area contributed by atoms with E-state index in [9.17, 15) is 8.42 Å². The Labute approximate surface area is 125 Å². The van der Waals surface area contributed by atoms with Crippen LogP contribution in [0.3, 0.4) is 0 Å². The molecule has 0 atom stereocenters. The molecule has 0 radical (unpaired) electrons. The van der Waals surface area contributed by atoms with Gasteiger partial charge in [0, 0.05) is 29.3 Å². The van der Waals surface area contributed by atoms with Gasteiger partial charge in [0.15, 0.2) is 0 Å². The van der Waals surface area contributed by atoms with Crippen LogP contribution in [0.4, 0.5) is 5.69 Å². The molecule has 0 saturated heterocycles. The van der Waals surface area contributed by atoms with E-state index in [1.54, 1.807) is 18.2 Å². The molecule has 21 heavy (non-hydrogen) atoms. The van der Waals surface area contributed by atoms with Crippen molar-refractivity contribution in [3.8, 4) is 0 Å². The molecule has 1 heterocycles. The number of nitrogens with two attached hydrogens (primary N) is 1. The van der Waals surface area contributed by atoms with Crippen LogP contribution in [0.1, 0.15) is 12.8 Å². The van der Waals surface area contributed by atoms with Gasteiger partial charge in [-0.1, -0.05) is 0 Å². The number of nitrogens with one attached hydrogen (secondary N) is 2. The molecule has 0 spiro atoms. The normalized spacial score (nSPS) is 12.3. The lowest BCUT2D eigenvalue weighted by molar-refractivity contribution is 0.394. The topological polar surface area (TPSA) is 91.2 Å². The van der Waals surface area contributed by atoms with E-state index < -0.39 is 10.0 Å². The SMILES string of the molecule is CN(C)CCCCNS(=O)(=O)c1c[nH]c2cc(N)ccc12. The molecule has 2 aromatic rings. The quantitative estimate of drug-likeness (QED) is 0.532. The van der Waals surface area contributed by atoms with E-state index in [4.69, 9.17) is 5.73 Å². The Morgan fingerprint density at radius 3 is 2.76 bits per heavy atom. The number of unbranched alkanes of at least 4 members (excludes halogenated alkanes) is 1. The molecule has 0 fully saturated rings. The number of hydrogen-bond acceptors (Lipinski definition) is 4. The van der Waals surface area contributed by atoms with Crippen molar-refractivity contribution in [2.45, 2.75) is 17.7 Å². The average molecular weight is 310 g/mol. The summed E-state index contributed by atoms with van der Waals surface area (Å²) in [5, 5.41) is 0.657. The van der Waals surface area contributed by atoms with Crippen LogP contribution in [0.15, 0.2) is 29.3 Å². The van der Waals surface area contributed by atoms with Crippen LogP contribution in [0.5, 0.6) is 0 Å². The first kappa shape index (κ1) is 15.8. The second kappa shape index (κ2) is 6.46. The number of benzene rings is 1. The number of nitrogen functional groups attached to an aromatic ring is 1. The summed E-state index contributed by atoms with van der Waals surface area (Å²) in [5.41, 5.74) is 7.02. The summed E-state index contributed by atoms with van der Waals surface area (Å²) < 4.78 is 27.3. The molecule has 4 N–H and O–H groups in total. The summed E-state index contributed by atoms with van der Waals surface area (Å²) in [6.45, 7) is 1.39. The smallest absolute Gasteiger partial charge is 0.242 e. The molecule has 6 nitrogen and oxygen atoms in total. The van der Waals surface area contributed by atoms with Crippen molar-refractivity contribution in [3.63, 3.8) is 0 Å². The van der Waals surface area contributed by atoms with Crippen molar-refractivity contribution in [2.75, 3.05) is 32.9 Å². The van der Waals surface area contributed by atoms with Crippen LogP contribution in [0.2, 0.25) is 0 Å². The zero-order valence-electron chi connectivity index (χ0n) is 12.4. The molecule has 116 valence electrons. The van der Waals surface area contributed by atoms with E-state index in [1.165, 1.54) is 6.20 Å². The number of H-pyrrole nitrogens is 1. The van der Waals surface area contributed by atoms with Crippen molar-refractivity contribution in [1.29, 1.82) is 0 Å². The van der Waals surface area contributed by atoms with E-state index in [0.29, 0.717) is 17.6 Å². The third-order valence-electron chi connectivity index (χ3n) is 3.28. The summed E-state index contributed by atoms with van der Waals surface area (Å²) in [4.78, 5) is 5.30. The molecule has 0 bridgehead atoms. The average Bonchev–Trinajstić information content (AvgIpc) is 2.81. The van der Waals surface area contributed by atoms with Crippen molar-refractivity contribution < 1.29 is 8.42 Å². The number of rotatable bonds is 7. The van der Waals surface area contributed by atoms with Crippen LogP contribution in [0.25, 0.3) is 10.9 Å². The lowest BCUT2D eigenvalue weighted by Crippen LogP contribution is -2.25. The minimum Gasteiger partial charge on any atom is -0.399 e. The fourth-order valence-corrected chi connectivity index (χ4v) is 3.43. The highest BCUT2D eigenvalue weighted by molar-refractivity contribution is 7.89. The highest BCUT2D eigenvalue weighted by Crippen LogP contribution is 2.24. The Hall–Kier alpha value is -1.57. The van der Waals surface area contributed by atoms with Crippen LogP contribution < -0.4 is 10.5 Å². The van der Waals surface area contributed by atoms with Gasteiger partial charge in [-0.2, -0.15) is 0 Å². The number of aromatic amines is 1. The van der Waals surface area contributed by atoms with Crippen LogP contribution >= 0.6 is 0 Å². The van der Waals surface area contributed by atoms with Gasteiger partial charge >= 0.3 is 0 Å². The highest BCUT2D eigenvalue weighted by Gasteiger charge is 2.18. The van der Waals surface area contributed by atoms with Crippen molar-refractivity contribution in [1.82, 2.24) is 14.6 Å². The van der Waals surface area contributed by atoms with E-state index >= 15 is 0 Å². The van der Waals surface area contributed by atoms with Crippen molar-refractivity contribution in [3.05, 3.63) is 24.4 Å². The Morgan fingerprint density at radius 1 is 1.29 bits per heavy atom. The number of aromatic nitrogens is 1. The molecule has 0 amide bonds. The lowest BCUT2D eigenvalue weighted by atomic mass is 10.2. The van der Waals surface area contributed by atoms with Gasteiger partial charge in [-0.15, -0.1) is 0 Å². The van der Waals surface area contributed by atoms with E-state index in [1.807, 2.05) is 14.1 Å². The molecule has 0 aliphatic heterocycles. The van der Waals surface area contributed by atoms with Crippen molar-refractivity contribution in [2.24, 2.45) is 0 Å². The molecule has 0 aliphatic rings. The first-order chi connectivity index (χ1) is 9.90. The number of sulfonamides is 1. The molecule has 7 heteroatoms. The summed E-state index contributed by atoms with van der Waals surface area (Å²) >= 11 is 0. The van der Waals surface area contributed by atoms with Crippen molar-refractivity contribution >= 4 is 26.6 Å². The first-order valence-corrected chi connectivity index (χ1v) is 8.39. The Balaban J connectivity index is 2.04. The van der Waals surface area contributed by atoms with Gasteiger partial charge in [0.1, 0.15) is 4.90 Å². The minimum atomic E-state index is -3.49. The third-order valence-corrected chi connectivity index (χ3v) is 4.78. The standard InChI is InChI=1S/C14H22N4O2S/c1-18(2)8-4-3-7-17-21(19,20)14-10-16-13-9-11(15)5-6-12(13)14/h5-6,9-10,16-17H,3-4,7-8,15H2,1-2H3. The predicted octanol–water partition coefficient (Wildman–Crippen LogP) is 1.37. The summed E-state index contributed by atoms with van der Waals surface area (Å²) in [6.07, 6.45) is 3.28. The van der Waals surface area contributed by atoms with Gasteiger partial charge in [0.25, 0.3) is 0 Å². The Morgan fingerprint density at radius 2 is 2.05 bits per heavy atom. The summed E-state index contributed by atoms with van der Waals surface area (Å²) in [7, 11) is 0.511. The van der Waals surface area contributed by atoms with Gasteiger partial charge in [0.05, 0.1) is 0 Å². The molecule has 2 rings (SSSR count). The molecule has 0 unspecified atom stereocenters. The maximum absolute atomic E-state index is 12.3. The monoisotopic (exact) mass is 310 g/mol. The number of fused-ring (bicyclic) bond motifs is 1. The number of nitrogens with zero attached hydrogens (tertiary/aromatic N) is 1. The molecule has 0 aliphatic carbocycles. The van der Waals surface area contributed by atoms with Crippen LogP contribution in [-0.2, 0) is 10.0 Å². The minimum absolute atomic E-state index is 0.269. The Kier molecular flexibility index (Phi) is 4.87. The van der Waals surface area contributed by atoms with E-state index in [2.05, 4.69) is 14.6 Å². The molecule has 1 aromatic carbocycles. The van der Waals surface area contributed by atoms with Crippen LogP contribution in [0, 0.1) is 0 Å². The zero-order valence-corrected chi connectivity index (χ0v) is 13.2. The number of anilines is 1. The fourth-order valence-electron chi connectivity index (χ4n) is 2.18. The summed E-state index contributed by atoms with van der Waals surface area (Å²) in [5.74, 6) is 0. The van der Waals surface area contributed by atoms with Gasteiger partial charge < -0.3 is 15.6 Å². The maximum atomic E-state index is 12.3. The molecule has 1 aromatic heterocycles. The number of hydrogen-bond donors (Lipinski definition) is 3. The van der Waals surface area contributed by atoms with E-state index in [-0.39, 0.29) is 4.90 Å². The molecular weight excluding hydrogens is 288 g/mol. The predicted molar refractivity (Wildman–Crippen MR) is 85.7 cm³/mol. The zero-order chi connectivity index (χ0) is 15.5. The second-order valence-corrected chi connectivity index (χ2v) is 7.10. The van der Waals surface area contributed by atoms with Crippen LogP contribution in [-0.4, -0.2) is 45.5 Å². The van der Waals surface area contributed by atoms with Gasteiger partial charge in [-0.3, -0.25) is 0 Å². The molecule has 0 saturated carbocycles.